The van der Waals surface area contributed by atoms with Crippen molar-refractivity contribution in [3.8, 4) is 39.3 Å². The Hall–Kier alpha value is -5.45. The van der Waals surface area contributed by atoms with Gasteiger partial charge < -0.3 is 4.57 Å². The van der Waals surface area contributed by atoms with E-state index in [1.165, 1.54) is 60.0 Å². The summed E-state index contributed by atoms with van der Waals surface area (Å²) in [6.07, 6.45) is 0. The standard InChI is InChI=1S/C42H29N3S/c1-42(2)33-18-10-9-17-29(33)30-24-32-31-23-27(21-22-35(31)44(37(32)25-34(30)42)28-15-7-4-8-16-28)39-40(26-13-5-3-6-14-26)45-36-19-11-12-20-38(36)46-41(45)43-39/h3-25H,1-2H3. The molecule has 10 rings (SSSR count). The first-order chi connectivity index (χ1) is 22.6. The van der Waals surface area contributed by atoms with Crippen LogP contribution in [0.2, 0.25) is 0 Å². The van der Waals surface area contributed by atoms with E-state index in [9.17, 15) is 0 Å². The maximum atomic E-state index is 5.33. The summed E-state index contributed by atoms with van der Waals surface area (Å²) < 4.78 is 6.02. The molecule has 0 unspecified atom stereocenters. The van der Waals surface area contributed by atoms with Crippen LogP contribution in [-0.2, 0) is 5.41 Å². The van der Waals surface area contributed by atoms with Crippen molar-refractivity contribution in [1.82, 2.24) is 14.0 Å². The average Bonchev–Trinajstić information content (AvgIpc) is 3.80. The van der Waals surface area contributed by atoms with Crippen molar-refractivity contribution >= 4 is 48.3 Å². The van der Waals surface area contributed by atoms with Crippen LogP contribution in [-0.4, -0.2) is 14.0 Å². The summed E-state index contributed by atoms with van der Waals surface area (Å²) in [6, 6.07) is 50.8. The van der Waals surface area contributed by atoms with E-state index in [1.54, 1.807) is 11.3 Å². The molecule has 0 fully saturated rings. The number of nitrogens with zero attached hydrogens (tertiary/aromatic N) is 3. The van der Waals surface area contributed by atoms with Crippen LogP contribution in [0.1, 0.15) is 25.0 Å². The quantitative estimate of drug-likeness (QED) is 0.196. The molecule has 0 aliphatic heterocycles. The summed E-state index contributed by atoms with van der Waals surface area (Å²) in [6.45, 7) is 4.71. The molecule has 0 amide bonds. The Morgan fingerprint density at radius 1 is 0.565 bits per heavy atom. The molecule has 3 nitrogen and oxygen atoms in total. The summed E-state index contributed by atoms with van der Waals surface area (Å²) in [7, 11) is 0. The molecule has 0 radical (unpaired) electrons. The summed E-state index contributed by atoms with van der Waals surface area (Å²) >= 11 is 1.75. The van der Waals surface area contributed by atoms with E-state index in [0.29, 0.717) is 0 Å². The SMILES string of the molecule is CC1(C)c2ccccc2-c2cc3c4cc(-c5nc6sc7ccccc7n6c5-c5ccccc5)ccc4n(-c4ccccc4)c3cc21. The highest BCUT2D eigenvalue weighted by Crippen LogP contribution is 2.51. The highest BCUT2D eigenvalue weighted by atomic mass is 32.1. The summed E-state index contributed by atoms with van der Waals surface area (Å²) in [5.74, 6) is 0. The smallest absolute Gasteiger partial charge is 0.195 e. The van der Waals surface area contributed by atoms with Gasteiger partial charge in [0.25, 0.3) is 0 Å². The second-order valence-electron chi connectivity index (χ2n) is 12.9. The van der Waals surface area contributed by atoms with Crippen molar-refractivity contribution in [1.29, 1.82) is 0 Å². The molecule has 0 saturated heterocycles. The van der Waals surface area contributed by atoms with Crippen LogP contribution in [0.25, 0.3) is 76.3 Å². The van der Waals surface area contributed by atoms with Gasteiger partial charge in [0.1, 0.15) is 0 Å². The molecule has 6 aromatic carbocycles. The molecule has 1 aliphatic carbocycles. The molecule has 0 N–H and O–H groups in total. The number of para-hydroxylation sites is 2. The fourth-order valence-corrected chi connectivity index (χ4v) is 8.82. The number of fused-ring (bicyclic) bond motifs is 9. The van der Waals surface area contributed by atoms with Gasteiger partial charge in [-0.05, 0) is 70.8 Å². The fourth-order valence-electron chi connectivity index (χ4n) is 7.80. The number of thiazole rings is 1. The Kier molecular flexibility index (Phi) is 5.22. The normalized spacial score (nSPS) is 13.6. The van der Waals surface area contributed by atoms with Crippen LogP contribution < -0.4 is 0 Å². The van der Waals surface area contributed by atoms with Crippen LogP contribution in [0.15, 0.2) is 140 Å². The average molecular weight is 608 g/mol. The molecule has 9 aromatic rings. The van der Waals surface area contributed by atoms with Gasteiger partial charge in [-0.2, -0.15) is 0 Å². The van der Waals surface area contributed by atoms with Crippen molar-refractivity contribution in [2.75, 3.05) is 0 Å². The third kappa shape index (κ3) is 3.45. The fraction of sp³-hybridized carbons (Fsp3) is 0.0714. The van der Waals surface area contributed by atoms with E-state index in [0.717, 1.165) is 27.5 Å². The number of rotatable bonds is 3. The molecule has 0 atom stereocenters. The van der Waals surface area contributed by atoms with Gasteiger partial charge in [0.15, 0.2) is 4.96 Å². The van der Waals surface area contributed by atoms with Gasteiger partial charge in [0.2, 0.25) is 0 Å². The summed E-state index contributed by atoms with van der Waals surface area (Å²) in [5, 5.41) is 2.50. The van der Waals surface area contributed by atoms with Gasteiger partial charge in [-0.25, -0.2) is 4.98 Å². The summed E-state index contributed by atoms with van der Waals surface area (Å²) in [4.78, 5) is 6.34. The maximum absolute atomic E-state index is 5.33. The first-order valence-corrected chi connectivity index (χ1v) is 16.6. The first kappa shape index (κ1) is 25.8. The topological polar surface area (TPSA) is 22.2 Å². The molecule has 46 heavy (non-hydrogen) atoms. The minimum Gasteiger partial charge on any atom is -0.309 e. The Labute approximate surface area is 270 Å². The lowest BCUT2D eigenvalue weighted by Crippen LogP contribution is -2.14. The number of hydrogen-bond donors (Lipinski definition) is 0. The third-order valence-electron chi connectivity index (χ3n) is 9.96. The Balaban J connectivity index is 1.30. The third-order valence-corrected chi connectivity index (χ3v) is 11.0. The first-order valence-electron chi connectivity index (χ1n) is 15.8. The summed E-state index contributed by atoms with van der Waals surface area (Å²) in [5.41, 5.74) is 14.6. The maximum Gasteiger partial charge on any atom is 0.195 e. The second kappa shape index (κ2) is 9.29. The molecule has 0 bridgehead atoms. The second-order valence-corrected chi connectivity index (χ2v) is 13.9. The lowest BCUT2D eigenvalue weighted by Gasteiger charge is -2.21. The van der Waals surface area contributed by atoms with Gasteiger partial charge in [0.05, 0.1) is 32.6 Å². The van der Waals surface area contributed by atoms with Gasteiger partial charge in [-0.3, -0.25) is 4.40 Å². The van der Waals surface area contributed by atoms with Crippen molar-refractivity contribution in [3.05, 3.63) is 151 Å². The monoisotopic (exact) mass is 607 g/mol. The van der Waals surface area contributed by atoms with Gasteiger partial charge >= 0.3 is 0 Å². The molecule has 0 saturated carbocycles. The largest absolute Gasteiger partial charge is 0.309 e. The minimum atomic E-state index is -0.0706. The zero-order chi connectivity index (χ0) is 30.6. The zero-order valence-electron chi connectivity index (χ0n) is 25.5. The van der Waals surface area contributed by atoms with Crippen LogP contribution in [0.4, 0.5) is 0 Å². The number of imidazole rings is 1. The molecule has 218 valence electrons. The number of hydrogen-bond acceptors (Lipinski definition) is 2. The highest BCUT2D eigenvalue weighted by Gasteiger charge is 2.36. The molecular weight excluding hydrogens is 579 g/mol. The predicted octanol–water partition coefficient (Wildman–Crippen LogP) is 11.3. The minimum absolute atomic E-state index is 0.0706. The van der Waals surface area contributed by atoms with E-state index < -0.39 is 0 Å². The van der Waals surface area contributed by atoms with Crippen molar-refractivity contribution in [2.24, 2.45) is 0 Å². The Morgan fingerprint density at radius 2 is 1.28 bits per heavy atom. The molecule has 4 heteroatoms. The van der Waals surface area contributed by atoms with Crippen LogP contribution in [0.3, 0.4) is 0 Å². The van der Waals surface area contributed by atoms with E-state index in [4.69, 9.17) is 4.98 Å². The van der Waals surface area contributed by atoms with Crippen LogP contribution in [0, 0.1) is 0 Å². The number of aromatic nitrogens is 3. The Morgan fingerprint density at radius 3 is 2.13 bits per heavy atom. The molecule has 0 spiro atoms. The highest BCUT2D eigenvalue weighted by molar-refractivity contribution is 7.23. The zero-order valence-corrected chi connectivity index (χ0v) is 26.3. The van der Waals surface area contributed by atoms with Crippen molar-refractivity contribution < 1.29 is 0 Å². The lowest BCUT2D eigenvalue weighted by molar-refractivity contribution is 0.661. The van der Waals surface area contributed by atoms with Gasteiger partial charge in [0, 0.05) is 33.0 Å². The van der Waals surface area contributed by atoms with Crippen LogP contribution in [0.5, 0.6) is 0 Å². The molecule has 1 aliphatic rings. The van der Waals surface area contributed by atoms with Gasteiger partial charge in [-0.1, -0.05) is 116 Å². The Bertz CT molecular complexity index is 2650. The van der Waals surface area contributed by atoms with E-state index >= 15 is 0 Å². The number of benzene rings is 6. The van der Waals surface area contributed by atoms with Crippen molar-refractivity contribution in [2.45, 2.75) is 19.3 Å². The van der Waals surface area contributed by atoms with Crippen LogP contribution >= 0.6 is 11.3 Å². The van der Waals surface area contributed by atoms with E-state index in [-0.39, 0.29) is 5.41 Å². The molecule has 3 heterocycles. The van der Waals surface area contributed by atoms with Crippen molar-refractivity contribution in [3.63, 3.8) is 0 Å². The predicted molar refractivity (Wildman–Crippen MR) is 193 cm³/mol. The van der Waals surface area contributed by atoms with E-state index in [2.05, 4.69) is 162 Å². The van der Waals surface area contributed by atoms with Gasteiger partial charge in [-0.15, -0.1) is 0 Å². The van der Waals surface area contributed by atoms with E-state index in [1.807, 2.05) is 0 Å². The molecule has 3 aromatic heterocycles. The lowest BCUT2D eigenvalue weighted by atomic mass is 9.82. The molecular formula is C42H29N3S.